The quantitative estimate of drug-likeness (QED) is 0.740. The van der Waals surface area contributed by atoms with E-state index in [2.05, 4.69) is 15.6 Å². The van der Waals surface area contributed by atoms with E-state index in [1.807, 2.05) is 0 Å². The topological polar surface area (TPSA) is 89.3 Å². The van der Waals surface area contributed by atoms with Crippen LogP contribution in [-0.2, 0) is 4.74 Å². The molecule has 1 fully saturated rings. The smallest absolute Gasteiger partial charge is 0.265 e. The third kappa shape index (κ3) is 2.86. The lowest BCUT2D eigenvalue weighted by atomic mass is 10.1. The van der Waals surface area contributed by atoms with Gasteiger partial charge in [-0.2, -0.15) is 0 Å². The second-order valence-electron chi connectivity index (χ2n) is 3.87. The highest BCUT2D eigenvalue weighted by molar-refractivity contribution is 7.18. The molecule has 1 aliphatic rings. The van der Waals surface area contributed by atoms with Crippen LogP contribution in [0, 0.1) is 0 Å². The van der Waals surface area contributed by atoms with Crippen molar-refractivity contribution >= 4 is 28.2 Å². The first-order valence-electron chi connectivity index (χ1n) is 5.53. The van der Waals surface area contributed by atoms with Crippen LogP contribution in [0.5, 0.6) is 0 Å². The number of nitrogens with zero attached hydrogens (tertiary/aromatic N) is 1. The minimum atomic E-state index is -0.169. The molecule has 1 saturated heterocycles. The Bertz CT molecular complexity index is 401. The van der Waals surface area contributed by atoms with Crippen molar-refractivity contribution in [3.63, 3.8) is 0 Å². The summed E-state index contributed by atoms with van der Waals surface area (Å²) in [7, 11) is 1.74. The lowest BCUT2D eigenvalue weighted by molar-refractivity contribution is 0.0626. The van der Waals surface area contributed by atoms with Gasteiger partial charge < -0.3 is 21.1 Å². The van der Waals surface area contributed by atoms with Crippen LogP contribution in [0.3, 0.4) is 0 Å². The van der Waals surface area contributed by atoms with E-state index >= 15 is 0 Å². The summed E-state index contributed by atoms with van der Waals surface area (Å²) in [6.07, 6.45) is 1.92. The summed E-state index contributed by atoms with van der Waals surface area (Å²) in [5.74, 6) is 0.102. The van der Waals surface area contributed by atoms with Crippen molar-refractivity contribution in [2.24, 2.45) is 0 Å². The van der Waals surface area contributed by atoms with Crippen molar-refractivity contribution in [2.75, 3.05) is 31.3 Å². The molecule has 0 bridgehead atoms. The first-order chi connectivity index (χ1) is 8.20. The number of nitrogens with one attached hydrogen (secondary N) is 2. The Hall–Kier alpha value is -1.34. The molecule has 2 heterocycles. The number of carbonyl (C=O) groups is 1. The molecule has 7 heteroatoms. The van der Waals surface area contributed by atoms with Gasteiger partial charge in [-0.3, -0.25) is 4.79 Å². The average Bonchev–Trinajstić information content (AvgIpc) is 2.72. The van der Waals surface area contributed by atoms with Crippen LogP contribution in [0.15, 0.2) is 0 Å². The van der Waals surface area contributed by atoms with Gasteiger partial charge in [0, 0.05) is 13.7 Å². The molecule has 0 radical (unpaired) electrons. The highest BCUT2D eigenvalue weighted by Crippen LogP contribution is 2.24. The van der Waals surface area contributed by atoms with Crippen molar-refractivity contribution in [2.45, 2.75) is 18.9 Å². The van der Waals surface area contributed by atoms with Crippen molar-refractivity contribution in [3.8, 4) is 0 Å². The van der Waals surface area contributed by atoms with Crippen LogP contribution in [0.1, 0.15) is 22.5 Å². The SMILES string of the molecule is CNc1nc(N)c(C(=O)NC2CCCOC2)s1. The van der Waals surface area contributed by atoms with Gasteiger partial charge in [-0.1, -0.05) is 11.3 Å². The van der Waals surface area contributed by atoms with Crippen molar-refractivity contribution in [3.05, 3.63) is 4.88 Å². The largest absolute Gasteiger partial charge is 0.382 e. The van der Waals surface area contributed by atoms with Crippen LogP contribution in [0.2, 0.25) is 0 Å². The van der Waals surface area contributed by atoms with Gasteiger partial charge in [0.1, 0.15) is 10.7 Å². The number of hydrogen-bond acceptors (Lipinski definition) is 6. The molecule has 0 spiro atoms. The Morgan fingerprint density at radius 3 is 3.06 bits per heavy atom. The summed E-state index contributed by atoms with van der Waals surface area (Å²) in [6.45, 7) is 1.35. The Morgan fingerprint density at radius 2 is 2.47 bits per heavy atom. The molecule has 0 aliphatic carbocycles. The minimum Gasteiger partial charge on any atom is -0.382 e. The van der Waals surface area contributed by atoms with Gasteiger partial charge in [0.2, 0.25) is 0 Å². The molecule has 1 amide bonds. The molecule has 0 saturated carbocycles. The fraction of sp³-hybridized carbons (Fsp3) is 0.600. The van der Waals surface area contributed by atoms with Gasteiger partial charge in [-0.05, 0) is 12.8 Å². The predicted octanol–water partition coefficient (Wildman–Crippen LogP) is 0.676. The van der Waals surface area contributed by atoms with Gasteiger partial charge in [0.25, 0.3) is 5.91 Å². The number of aromatic nitrogens is 1. The predicted molar refractivity (Wildman–Crippen MR) is 67.4 cm³/mol. The summed E-state index contributed by atoms with van der Waals surface area (Å²) in [4.78, 5) is 16.5. The van der Waals surface area contributed by atoms with Gasteiger partial charge in [0.15, 0.2) is 5.13 Å². The number of ether oxygens (including phenoxy) is 1. The Labute approximate surface area is 104 Å². The van der Waals surface area contributed by atoms with E-state index < -0.39 is 0 Å². The normalized spacial score (nSPS) is 19.9. The maximum Gasteiger partial charge on any atom is 0.265 e. The molecule has 4 N–H and O–H groups in total. The van der Waals surface area contributed by atoms with E-state index in [0.29, 0.717) is 16.6 Å². The molecule has 0 aromatic carbocycles. The second-order valence-corrected chi connectivity index (χ2v) is 4.87. The van der Waals surface area contributed by atoms with E-state index in [-0.39, 0.29) is 17.8 Å². The van der Waals surface area contributed by atoms with Crippen LogP contribution < -0.4 is 16.4 Å². The zero-order valence-electron chi connectivity index (χ0n) is 9.66. The number of nitrogens with two attached hydrogens (primary N) is 1. The van der Waals surface area contributed by atoms with E-state index in [0.717, 1.165) is 19.4 Å². The van der Waals surface area contributed by atoms with Crippen molar-refractivity contribution < 1.29 is 9.53 Å². The van der Waals surface area contributed by atoms with Gasteiger partial charge in [-0.25, -0.2) is 4.98 Å². The highest BCUT2D eigenvalue weighted by atomic mass is 32.1. The van der Waals surface area contributed by atoms with Crippen molar-refractivity contribution in [1.82, 2.24) is 10.3 Å². The summed E-state index contributed by atoms with van der Waals surface area (Å²) in [6, 6.07) is 0.0794. The first kappa shape index (κ1) is 12.1. The fourth-order valence-corrected chi connectivity index (χ4v) is 2.45. The molecule has 6 nitrogen and oxygen atoms in total. The number of nitrogen functional groups attached to an aromatic ring is 1. The number of thiazole rings is 1. The van der Waals surface area contributed by atoms with Crippen LogP contribution in [-0.4, -0.2) is 37.2 Å². The second kappa shape index (κ2) is 5.33. The van der Waals surface area contributed by atoms with Crippen LogP contribution >= 0.6 is 11.3 Å². The Morgan fingerprint density at radius 1 is 1.65 bits per heavy atom. The molecule has 1 aromatic rings. The summed E-state index contributed by atoms with van der Waals surface area (Å²) >= 11 is 1.26. The summed E-state index contributed by atoms with van der Waals surface area (Å²) in [5.41, 5.74) is 5.69. The average molecular weight is 256 g/mol. The number of anilines is 2. The lowest BCUT2D eigenvalue weighted by Gasteiger charge is -2.22. The molecule has 17 heavy (non-hydrogen) atoms. The maximum absolute atomic E-state index is 12.0. The van der Waals surface area contributed by atoms with Crippen LogP contribution in [0.25, 0.3) is 0 Å². The number of amides is 1. The fourth-order valence-electron chi connectivity index (χ4n) is 1.71. The molecule has 94 valence electrons. The Balaban J connectivity index is 2.00. The van der Waals surface area contributed by atoms with E-state index in [4.69, 9.17) is 10.5 Å². The third-order valence-electron chi connectivity index (χ3n) is 2.57. The van der Waals surface area contributed by atoms with E-state index in [9.17, 15) is 4.79 Å². The zero-order chi connectivity index (χ0) is 12.3. The van der Waals surface area contributed by atoms with Gasteiger partial charge in [0.05, 0.1) is 12.6 Å². The molecular formula is C10H16N4O2S. The minimum absolute atomic E-state index is 0.0794. The molecule has 1 aromatic heterocycles. The van der Waals surface area contributed by atoms with Crippen LogP contribution in [0.4, 0.5) is 10.9 Å². The van der Waals surface area contributed by atoms with E-state index in [1.165, 1.54) is 11.3 Å². The van der Waals surface area contributed by atoms with Crippen molar-refractivity contribution in [1.29, 1.82) is 0 Å². The molecule has 1 unspecified atom stereocenters. The van der Waals surface area contributed by atoms with E-state index in [1.54, 1.807) is 7.05 Å². The van der Waals surface area contributed by atoms with Gasteiger partial charge >= 0.3 is 0 Å². The lowest BCUT2D eigenvalue weighted by Crippen LogP contribution is -2.40. The zero-order valence-corrected chi connectivity index (χ0v) is 10.5. The van der Waals surface area contributed by atoms with Gasteiger partial charge in [-0.15, -0.1) is 0 Å². The number of carbonyl (C=O) groups excluding carboxylic acids is 1. The Kier molecular flexibility index (Phi) is 3.80. The summed E-state index contributed by atoms with van der Waals surface area (Å²) < 4.78 is 5.30. The molecule has 1 atom stereocenters. The molecule has 1 aliphatic heterocycles. The first-order valence-corrected chi connectivity index (χ1v) is 6.35. The summed E-state index contributed by atoms with van der Waals surface area (Å²) in [5, 5.41) is 6.43. The monoisotopic (exact) mass is 256 g/mol. The molecule has 2 rings (SSSR count). The standard InChI is InChI=1S/C10H16N4O2S/c1-12-10-14-8(11)7(17-10)9(15)13-6-3-2-4-16-5-6/h6H,2-5,11H2,1H3,(H,12,14)(H,13,15). The number of rotatable bonds is 3. The highest BCUT2D eigenvalue weighted by Gasteiger charge is 2.21. The maximum atomic E-state index is 12.0. The molecular weight excluding hydrogens is 240 g/mol. The third-order valence-corrected chi connectivity index (χ3v) is 3.66. The number of hydrogen-bond donors (Lipinski definition) is 3.